The van der Waals surface area contributed by atoms with E-state index in [2.05, 4.69) is 20.5 Å². The van der Waals surface area contributed by atoms with Crippen LogP contribution in [0.1, 0.15) is 27.0 Å². The molecular weight excluding hydrogens is 411 g/mol. The monoisotopic (exact) mass is 440 g/mol. The maximum Gasteiger partial charge on any atom is 0.251 e. The molecule has 1 saturated heterocycles. The molecule has 0 spiro atoms. The van der Waals surface area contributed by atoms with E-state index in [1.807, 2.05) is 38.1 Å². The minimum Gasteiger partial charge on any atom is -0.488 e. The molecule has 0 bridgehead atoms. The maximum absolute atomic E-state index is 12.5. The number of carbonyl (C=O) groups excluding carboxylic acids is 1. The highest BCUT2D eigenvalue weighted by atomic mass is 35.5. The molecule has 0 atom stereocenters. The molecular formula is C21H30Cl2N4O2. The molecule has 2 aromatic rings. The van der Waals surface area contributed by atoms with Crippen LogP contribution in [0.15, 0.2) is 36.7 Å². The molecule has 1 aliphatic rings. The molecule has 1 aliphatic heterocycles. The third-order valence-electron chi connectivity index (χ3n) is 4.75. The van der Waals surface area contributed by atoms with Gasteiger partial charge < -0.3 is 15.4 Å². The van der Waals surface area contributed by atoms with Crippen LogP contribution in [0.25, 0.3) is 0 Å². The van der Waals surface area contributed by atoms with Crippen LogP contribution < -0.4 is 15.4 Å². The zero-order chi connectivity index (χ0) is 19.1. The Kier molecular flexibility index (Phi) is 11.0. The molecule has 160 valence electrons. The van der Waals surface area contributed by atoms with Crippen LogP contribution in [0.2, 0.25) is 0 Å². The second kappa shape index (κ2) is 12.6. The molecule has 0 unspecified atom stereocenters. The van der Waals surface area contributed by atoms with Crippen molar-refractivity contribution >= 4 is 30.7 Å². The van der Waals surface area contributed by atoms with Crippen LogP contribution in [0, 0.1) is 13.8 Å². The number of carbonyl (C=O) groups is 1. The Morgan fingerprint density at radius 3 is 2.52 bits per heavy atom. The highest BCUT2D eigenvalue weighted by molar-refractivity contribution is 5.94. The van der Waals surface area contributed by atoms with Crippen LogP contribution in [0.5, 0.6) is 5.75 Å². The lowest BCUT2D eigenvalue weighted by atomic mass is 10.0. The first-order valence-electron chi connectivity index (χ1n) is 9.47. The normalized spacial score (nSPS) is 13.7. The molecule has 2 heterocycles. The van der Waals surface area contributed by atoms with E-state index in [1.165, 1.54) is 0 Å². The summed E-state index contributed by atoms with van der Waals surface area (Å²) in [5.74, 6) is 0.798. The van der Waals surface area contributed by atoms with Crippen molar-refractivity contribution in [2.45, 2.75) is 20.5 Å². The van der Waals surface area contributed by atoms with Gasteiger partial charge in [-0.05, 0) is 43.2 Å². The van der Waals surface area contributed by atoms with Gasteiger partial charge in [-0.15, -0.1) is 24.8 Å². The summed E-state index contributed by atoms with van der Waals surface area (Å²) in [6, 6.07) is 7.67. The number of aromatic nitrogens is 1. The molecule has 29 heavy (non-hydrogen) atoms. The Balaban J connectivity index is 0.00000210. The van der Waals surface area contributed by atoms with Crippen LogP contribution in [-0.4, -0.2) is 55.1 Å². The Labute approximate surface area is 185 Å². The van der Waals surface area contributed by atoms with Gasteiger partial charge in [0.25, 0.3) is 5.91 Å². The fraction of sp³-hybridized carbons (Fsp3) is 0.429. The predicted molar refractivity (Wildman–Crippen MR) is 121 cm³/mol. The lowest BCUT2D eigenvalue weighted by molar-refractivity contribution is 0.0947. The summed E-state index contributed by atoms with van der Waals surface area (Å²) < 4.78 is 5.96. The first kappa shape index (κ1) is 25.2. The van der Waals surface area contributed by atoms with Gasteiger partial charge in [0, 0.05) is 62.8 Å². The van der Waals surface area contributed by atoms with Crippen molar-refractivity contribution in [1.29, 1.82) is 0 Å². The van der Waals surface area contributed by atoms with Crippen LogP contribution >= 0.6 is 24.8 Å². The molecule has 8 heteroatoms. The highest BCUT2D eigenvalue weighted by Crippen LogP contribution is 2.25. The summed E-state index contributed by atoms with van der Waals surface area (Å²) in [7, 11) is 0. The van der Waals surface area contributed by atoms with Crippen molar-refractivity contribution in [2.24, 2.45) is 0 Å². The van der Waals surface area contributed by atoms with Gasteiger partial charge in [0.2, 0.25) is 0 Å². The minimum absolute atomic E-state index is 0. The van der Waals surface area contributed by atoms with Gasteiger partial charge in [0.05, 0.1) is 0 Å². The van der Waals surface area contributed by atoms with Crippen LogP contribution in [0.4, 0.5) is 0 Å². The van der Waals surface area contributed by atoms with E-state index < -0.39 is 0 Å². The summed E-state index contributed by atoms with van der Waals surface area (Å²) >= 11 is 0. The van der Waals surface area contributed by atoms with Crippen LogP contribution in [0.3, 0.4) is 0 Å². The van der Waals surface area contributed by atoms with E-state index >= 15 is 0 Å². The van der Waals surface area contributed by atoms with Crippen molar-refractivity contribution in [3.05, 3.63) is 58.9 Å². The van der Waals surface area contributed by atoms with Gasteiger partial charge in [0.15, 0.2) is 0 Å². The number of amides is 1. The van der Waals surface area contributed by atoms with Gasteiger partial charge in [-0.2, -0.15) is 0 Å². The van der Waals surface area contributed by atoms with E-state index in [-0.39, 0.29) is 30.7 Å². The van der Waals surface area contributed by atoms with Gasteiger partial charge in [-0.25, -0.2) is 0 Å². The summed E-state index contributed by atoms with van der Waals surface area (Å²) in [6.07, 6.45) is 3.54. The Morgan fingerprint density at radius 1 is 1.21 bits per heavy atom. The van der Waals surface area contributed by atoms with E-state index in [9.17, 15) is 4.79 Å². The van der Waals surface area contributed by atoms with Crippen molar-refractivity contribution in [3.8, 4) is 5.75 Å². The van der Waals surface area contributed by atoms with Gasteiger partial charge >= 0.3 is 0 Å². The Bertz CT molecular complexity index is 746. The third-order valence-corrected chi connectivity index (χ3v) is 4.75. The topological polar surface area (TPSA) is 66.5 Å². The fourth-order valence-corrected chi connectivity index (χ4v) is 3.31. The SMILES string of the molecule is Cc1cc(C(=O)NCCN2CCNCC2)cc(C)c1OCc1cccnc1.Cl.Cl. The molecule has 3 rings (SSSR count). The molecule has 1 aromatic heterocycles. The number of aryl methyl sites for hydroxylation is 2. The number of benzene rings is 1. The standard InChI is InChI=1S/C21H28N4O2.2ClH/c1-16-12-19(21(26)24-8-11-25-9-6-22-7-10-25)13-17(2)20(16)27-15-18-4-3-5-23-14-18;;/h3-5,12-14,22H,6-11,15H2,1-2H3,(H,24,26);2*1H. The number of piperazine rings is 1. The molecule has 0 saturated carbocycles. The number of ether oxygens (including phenoxy) is 1. The number of hydrogen-bond acceptors (Lipinski definition) is 5. The molecule has 1 aromatic carbocycles. The lowest BCUT2D eigenvalue weighted by Gasteiger charge is -2.27. The van der Waals surface area contributed by atoms with Crippen molar-refractivity contribution < 1.29 is 9.53 Å². The molecule has 1 amide bonds. The molecule has 1 fully saturated rings. The largest absolute Gasteiger partial charge is 0.488 e. The third kappa shape index (κ3) is 7.48. The van der Waals surface area contributed by atoms with E-state index in [1.54, 1.807) is 12.4 Å². The van der Waals surface area contributed by atoms with Crippen molar-refractivity contribution in [3.63, 3.8) is 0 Å². The van der Waals surface area contributed by atoms with Crippen LogP contribution in [-0.2, 0) is 6.61 Å². The Morgan fingerprint density at radius 2 is 1.90 bits per heavy atom. The van der Waals surface area contributed by atoms with Crippen molar-refractivity contribution in [2.75, 3.05) is 39.3 Å². The molecule has 0 radical (unpaired) electrons. The molecule has 6 nitrogen and oxygen atoms in total. The number of rotatable bonds is 7. The lowest BCUT2D eigenvalue weighted by Crippen LogP contribution is -2.46. The average Bonchev–Trinajstić information content (AvgIpc) is 2.69. The summed E-state index contributed by atoms with van der Waals surface area (Å²) in [5, 5.41) is 6.36. The smallest absolute Gasteiger partial charge is 0.251 e. The van der Waals surface area contributed by atoms with Gasteiger partial charge in [-0.1, -0.05) is 6.07 Å². The zero-order valence-electron chi connectivity index (χ0n) is 16.9. The second-order valence-electron chi connectivity index (χ2n) is 6.94. The number of nitrogens with zero attached hydrogens (tertiary/aromatic N) is 2. The minimum atomic E-state index is -0.0323. The number of hydrogen-bond donors (Lipinski definition) is 2. The molecule has 2 N–H and O–H groups in total. The Hall–Kier alpha value is -1.86. The predicted octanol–water partition coefficient (Wildman–Crippen LogP) is 2.76. The highest BCUT2D eigenvalue weighted by Gasteiger charge is 2.13. The number of halogens is 2. The number of pyridine rings is 1. The van der Waals surface area contributed by atoms with Gasteiger partial charge in [-0.3, -0.25) is 14.7 Å². The second-order valence-corrected chi connectivity index (χ2v) is 6.94. The first-order valence-corrected chi connectivity index (χ1v) is 9.47. The zero-order valence-corrected chi connectivity index (χ0v) is 18.6. The molecule has 0 aliphatic carbocycles. The summed E-state index contributed by atoms with van der Waals surface area (Å²) in [4.78, 5) is 19.0. The average molecular weight is 441 g/mol. The first-order chi connectivity index (χ1) is 13.1. The summed E-state index contributed by atoms with van der Waals surface area (Å²) in [5.41, 5.74) is 3.63. The van der Waals surface area contributed by atoms with E-state index in [0.717, 1.165) is 55.2 Å². The summed E-state index contributed by atoms with van der Waals surface area (Å²) in [6.45, 7) is 10.1. The van der Waals surface area contributed by atoms with E-state index in [0.29, 0.717) is 18.7 Å². The van der Waals surface area contributed by atoms with Crippen molar-refractivity contribution in [1.82, 2.24) is 20.5 Å². The maximum atomic E-state index is 12.5. The quantitative estimate of drug-likeness (QED) is 0.692. The number of nitrogens with one attached hydrogen (secondary N) is 2. The fourth-order valence-electron chi connectivity index (χ4n) is 3.31. The van der Waals surface area contributed by atoms with Gasteiger partial charge in [0.1, 0.15) is 12.4 Å². The van der Waals surface area contributed by atoms with E-state index in [4.69, 9.17) is 4.74 Å².